The minimum atomic E-state index is -1.05. The minimum Gasteiger partial charge on any atom is -0.478 e. The molecule has 1 unspecified atom stereocenters. The molecule has 0 aliphatic rings. The molecule has 1 aromatic carbocycles. The van der Waals surface area contributed by atoms with Crippen molar-refractivity contribution in [3.63, 3.8) is 0 Å². The number of nitrogens with one attached hydrogen (secondary N) is 1. The second-order valence-electron chi connectivity index (χ2n) is 4.76. The average Bonchev–Trinajstić information content (AvgIpc) is 2.38. The molecule has 1 rings (SSSR count). The number of rotatable bonds is 6. The van der Waals surface area contributed by atoms with E-state index in [1.807, 2.05) is 6.92 Å². The van der Waals surface area contributed by atoms with Crippen LogP contribution in [0.1, 0.15) is 36.2 Å². The molecule has 0 saturated heterocycles. The quantitative estimate of drug-likeness (QED) is 0.721. The summed E-state index contributed by atoms with van der Waals surface area (Å²) in [5.74, 6) is -1.35. The molecule has 5 heteroatoms. The second kappa shape index (κ2) is 6.33. The highest BCUT2D eigenvalue weighted by Crippen LogP contribution is 2.12. The lowest BCUT2D eigenvalue weighted by Gasteiger charge is -2.27. The number of benzene rings is 1. The summed E-state index contributed by atoms with van der Waals surface area (Å²) < 4.78 is 0. The van der Waals surface area contributed by atoms with E-state index >= 15 is 0 Å². The number of aromatic carboxylic acids is 1. The zero-order valence-corrected chi connectivity index (χ0v) is 11.1. The van der Waals surface area contributed by atoms with Crippen molar-refractivity contribution in [2.75, 3.05) is 6.61 Å². The van der Waals surface area contributed by atoms with Crippen LogP contribution in [-0.4, -0.2) is 34.2 Å². The van der Waals surface area contributed by atoms with Gasteiger partial charge in [-0.1, -0.05) is 25.1 Å². The van der Waals surface area contributed by atoms with Crippen molar-refractivity contribution in [2.24, 2.45) is 0 Å². The summed E-state index contributed by atoms with van der Waals surface area (Å²) in [7, 11) is 0. The smallest absolute Gasteiger partial charge is 0.335 e. The van der Waals surface area contributed by atoms with E-state index in [4.69, 9.17) is 5.11 Å². The maximum absolute atomic E-state index is 11.9. The van der Waals surface area contributed by atoms with E-state index in [1.165, 1.54) is 6.07 Å². The number of amides is 1. The van der Waals surface area contributed by atoms with Crippen LogP contribution < -0.4 is 5.32 Å². The fourth-order valence-electron chi connectivity index (χ4n) is 1.68. The molecule has 19 heavy (non-hydrogen) atoms. The van der Waals surface area contributed by atoms with Gasteiger partial charge in [0, 0.05) is 0 Å². The molecule has 1 amide bonds. The summed E-state index contributed by atoms with van der Waals surface area (Å²) in [5.41, 5.74) is -0.0846. The largest absolute Gasteiger partial charge is 0.478 e. The molecule has 1 atom stereocenters. The first-order valence-electron chi connectivity index (χ1n) is 6.15. The van der Waals surface area contributed by atoms with Crippen LogP contribution in [0.5, 0.6) is 0 Å². The predicted octanol–water partition coefficient (Wildman–Crippen LogP) is 1.20. The van der Waals surface area contributed by atoms with Crippen molar-refractivity contribution in [1.29, 1.82) is 0 Å². The molecule has 0 saturated carbocycles. The number of carboxylic acids is 1. The van der Waals surface area contributed by atoms with Crippen molar-refractivity contribution >= 4 is 11.9 Å². The van der Waals surface area contributed by atoms with Gasteiger partial charge in [0.15, 0.2) is 0 Å². The first kappa shape index (κ1) is 15.2. The van der Waals surface area contributed by atoms with Crippen molar-refractivity contribution in [2.45, 2.75) is 32.2 Å². The first-order chi connectivity index (χ1) is 8.91. The van der Waals surface area contributed by atoms with Crippen molar-refractivity contribution in [3.8, 4) is 0 Å². The Balaban J connectivity index is 2.81. The predicted molar refractivity (Wildman–Crippen MR) is 71.0 cm³/mol. The van der Waals surface area contributed by atoms with Gasteiger partial charge in [0.05, 0.1) is 24.1 Å². The van der Waals surface area contributed by atoms with Crippen LogP contribution >= 0.6 is 0 Å². The van der Waals surface area contributed by atoms with Gasteiger partial charge in [-0.15, -0.1) is 0 Å². The van der Waals surface area contributed by atoms with E-state index in [9.17, 15) is 14.7 Å². The van der Waals surface area contributed by atoms with Crippen LogP contribution in [0.25, 0.3) is 0 Å². The summed E-state index contributed by atoms with van der Waals surface area (Å²) in [6.07, 6.45) is 0.577. The van der Waals surface area contributed by atoms with Crippen LogP contribution in [0.4, 0.5) is 0 Å². The molecular formula is C14H19NO4. The molecule has 0 fully saturated rings. The number of aliphatic hydroxyl groups is 1. The molecular weight excluding hydrogens is 246 g/mol. The van der Waals surface area contributed by atoms with Gasteiger partial charge in [-0.2, -0.15) is 0 Å². The maximum atomic E-state index is 11.9. The number of carbonyl (C=O) groups is 2. The molecule has 1 aromatic rings. The molecule has 0 aliphatic heterocycles. The lowest BCUT2D eigenvalue weighted by atomic mass is 9.98. The lowest BCUT2D eigenvalue weighted by molar-refractivity contribution is -0.122. The minimum absolute atomic E-state index is 0.0158. The lowest BCUT2D eigenvalue weighted by Crippen LogP contribution is -2.49. The van der Waals surface area contributed by atoms with Gasteiger partial charge in [-0.3, -0.25) is 4.79 Å². The summed E-state index contributed by atoms with van der Waals surface area (Å²) in [4.78, 5) is 22.9. The second-order valence-corrected chi connectivity index (χ2v) is 4.76. The number of hydrogen-bond donors (Lipinski definition) is 3. The Bertz CT molecular complexity index is 466. The van der Waals surface area contributed by atoms with Crippen molar-refractivity contribution in [1.82, 2.24) is 5.32 Å². The van der Waals surface area contributed by atoms with E-state index in [0.29, 0.717) is 12.0 Å². The van der Waals surface area contributed by atoms with Crippen molar-refractivity contribution in [3.05, 3.63) is 35.4 Å². The molecule has 0 heterocycles. The Kier molecular flexibility index (Phi) is 5.06. The highest BCUT2D eigenvalue weighted by atomic mass is 16.4. The van der Waals surface area contributed by atoms with Gasteiger partial charge in [0.25, 0.3) is 0 Å². The third-order valence-electron chi connectivity index (χ3n) is 3.17. The highest BCUT2D eigenvalue weighted by Gasteiger charge is 2.23. The zero-order chi connectivity index (χ0) is 14.5. The normalized spacial score (nSPS) is 13.6. The Morgan fingerprint density at radius 1 is 1.32 bits per heavy atom. The van der Waals surface area contributed by atoms with Crippen LogP contribution in [0, 0.1) is 0 Å². The van der Waals surface area contributed by atoms with Gasteiger partial charge in [0.2, 0.25) is 5.91 Å². The third-order valence-corrected chi connectivity index (χ3v) is 3.17. The van der Waals surface area contributed by atoms with Gasteiger partial charge in [0.1, 0.15) is 0 Å². The fraction of sp³-hybridized carbons (Fsp3) is 0.429. The first-order valence-corrected chi connectivity index (χ1v) is 6.15. The van der Waals surface area contributed by atoms with E-state index in [0.717, 1.165) is 0 Å². The summed E-state index contributed by atoms with van der Waals surface area (Å²) in [6.45, 7) is 3.45. The zero-order valence-electron chi connectivity index (χ0n) is 11.1. The monoisotopic (exact) mass is 265 g/mol. The summed E-state index contributed by atoms with van der Waals surface area (Å²) >= 11 is 0. The molecule has 3 N–H and O–H groups in total. The highest BCUT2D eigenvalue weighted by molar-refractivity contribution is 5.91. The number of carbonyl (C=O) groups excluding carboxylic acids is 1. The Hall–Kier alpha value is -1.88. The Morgan fingerprint density at radius 2 is 1.95 bits per heavy atom. The van der Waals surface area contributed by atoms with Crippen LogP contribution in [-0.2, 0) is 11.2 Å². The molecule has 0 spiro atoms. The molecule has 0 aromatic heterocycles. The van der Waals surface area contributed by atoms with Gasteiger partial charge in [-0.25, -0.2) is 4.79 Å². The maximum Gasteiger partial charge on any atom is 0.335 e. The number of hydrogen-bond acceptors (Lipinski definition) is 3. The van der Waals surface area contributed by atoms with E-state index < -0.39 is 11.5 Å². The molecule has 5 nitrogen and oxygen atoms in total. The fourth-order valence-corrected chi connectivity index (χ4v) is 1.68. The topological polar surface area (TPSA) is 86.6 Å². The standard InChI is InChI=1S/C14H19NO4/c1-3-14(2,9-16)15-12(17)8-10-6-4-5-7-11(10)13(18)19/h4-7,16H,3,8-9H2,1-2H3,(H,15,17)(H,18,19). The molecule has 0 bridgehead atoms. The van der Waals surface area contributed by atoms with E-state index in [2.05, 4.69) is 5.32 Å². The third kappa shape index (κ3) is 4.06. The molecule has 104 valence electrons. The van der Waals surface area contributed by atoms with Gasteiger partial charge < -0.3 is 15.5 Å². The summed E-state index contributed by atoms with van der Waals surface area (Å²) in [5, 5.41) is 21.0. The Morgan fingerprint density at radius 3 is 2.47 bits per heavy atom. The van der Waals surface area contributed by atoms with Gasteiger partial charge >= 0.3 is 5.97 Å². The van der Waals surface area contributed by atoms with Crippen molar-refractivity contribution < 1.29 is 19.8 Å². The van der Waals surface area contributed by atoms with Crippen LogP contribution in [0.15, 0.2) is 24.3 Å². The number of aliphatic hydroxyl groups excluding tert-OH is 1. The SMILES string of the molecule is CCC(C)(CO)NC(=O)Cc1ccccc1C(=O)O. The van der Waals surface area contributed by atoms with Gasteiger partial charge in [-0.05, 0) is 25.0 Å². The Labute approximate surface area is 112 Å². The van der Waals surface area contributed by atoms with E-state index in [-0.39, 0.29) is 24.5 Å². The molecule has 0 aliphatic carbocycles. The number of carboxylic acid groups (broad SMARTS) is 1. The van der Waals surface area contributed by atoms with Crippen LogP contribution in [0.3, 0.4) is 0 Å². The van der Waals surface area contributed by atoms with Crippen LogP contribution in [0.2, 0.25) is 0 Å². The summed E-state index contributed by atoms with van der Waals surface area (Å²) in [6, 6.07) is 6.40. The van der Waals surface area contributed by atoms with E-state index in [1.54, 1.807) is 25.1 Å². The average molecular weight is 265 g/mol. The molecule has 0 radical (unpaired) electrons.